The number of halogens is 1. The van der Waals surface area contributed by atoms with Crippen LogP contribution < -0.4 is 5.14 Å². The molecule has 1 aromatic carbocycles. The predicted molar refractivity (Wildman–Crippen MR) is 49.0 cm³/mol. The van der Waals surface area contributed by atoms with E-state index in [9.17, 15) is 12.8 Å². The summed E-state index contributed by atoms with van der Waals surface area (Å²) in [6.45, 7) is 1.28. The number of benzene rings is 1. The molecule has 1 aromatic rings. The van der Waals surface area contributed by atoms with Gasteiger partial charge in [-0.2, -0.15) is 8.42 Å². The summed E-state index contributed by atoms with van der Waals surface area (Å²) in [6.07, 6.45) is 0. The first kappa shape index (κ1) is 11.1. The molecule has 2 N–H and O–H groups in total. The quantitative estimate of drug-likeness (QED) is 0.819. The maximum absolute atomic E-state index is 13.1. The van der Waals surface area contributed by atoms with Gasteiger partial charge in [0.05, 0.1) is 6.61 Å². The molecular formula is C8H10FNO3S. The molecule has 0 aliphatic rings. The summed E-state index contributed by atoms with van der Waals surface area (Å²) in [4.78, 5) is 0. The molecule has 0 heterocycles. The van der Waals surface area contributed by atoms with E-state index in [1.54, 1.807) is 13.0 Å². The van der Waals surface area contributed by atoms with Crippen molar-refractivity contribution in [1.29, 1.82) is 0 Å². The van der Waals surface area contributed by atoms with E-state index in [2.05, 4.69) is 9.32 Å². The zero-order chi connectivity index (χ0) is 10.8. The van der Waals surface area contributed by atoms with Gasteiger partial charge < -0.3 is 0 Å². The molecule has 78 valence electrons. The van der Waals surface area contributed by atoms with Crippen molar-refractivity contribution in [3.8, 4) is 0 Å². The molecule has 0 spiro atoms. The van der Waals surface area contributed by atoms with E-state index < -0.39 is 16.1 Å². The Hall–Kier alpha value is -0.980. The van der Waals surface area contributed by atoms with Crippen LogP contribution in [-0.4, -0.2) is 8.42 Å². The van der Waals surface area contributed by atoms with Crippen molar-refractivity contribution in [3.05, 3.63) is 35.1 Å². The summed E-state index contributed by atoms with van der Waals surface area (Å²) in [7, 11) is -4.02. The van der Waals surface area contributed by atoms with Gasteiger partial charge in [0.25, 0.3) is 0 Å². The summed E-state index contributed by atoms with van der Waals surface area (Å²) in [5.41, 5.74) is 0.815. The molecule has 0 atom stereocenters. The fraction of sp³-hybridized carbons (Fsp3) is 0.250. The second kappa shape index (κ2) is 4.04. The molecule has 0 saturated heterocycles. The van der Waals surface area contributed by atoms with Gasteiger partial charge in [-0.25, -0.2) is 9.53 Å². The molecule has 0 bridgehead atoms. The average molecular weight is 219 g/mol. The highest BCUT2D eigenvalue weighted by molar-refractivity contribution is 7.84. The van der Waals surface area contributed by atoms with Gasteiger partial charge in [0, 0.05) is 5.56 Å². The van der Waals surface area contributed by atoms with Crippen LogP contribution in [0.25, 0.3) is 0 Å². The third-order valence-electron chi connectivity index (χ3n) is 1.72. The molecule has 0 aliphatic carbocycles. The second-order valence-corrected chi connectivity index (χ2v) is 4.01. The lowest BCUT2D eigenvalue weighted by molar-refractivity contribution is 0.302. The standard InChI is InChI=1S/C8H10FNO3S/c1-6-3-2-4-8(9)7(6)5-13-14(10,11)12/h2-4H,5H2,1H3,(H2,10,11,12). The Morgan fingerprint density at radius 3 is 2.64 bits per heavy atom. The number of hydrogen-bond donors (Lipinski definition) is 1. The highest BCUT2D eigenvalue weighted by atomic mass is 32.2. The molecule has 0 fully saturated rings. The third kappa shape index (κ3) is 3.06. The summed E-state index contributed by atoms with van der Waals surface area (Å²) in [6, 6.07) is 4.42. The third-order valence-corrected chi connectivity index (χ3v) is 2.17. The van der Waals surface area contributed by atoms with Crippen molar-refractivity contribution < 1.29 is 17.0 Å². The SMILES string of the molecule is Cc1cccc(F)c1COS(N)(=O)=O. The van der Waals surface area contributed by atoms with E-state index in [0.717, 1.165) is 0 Å². The summed E-state index contributed by atoms with van der Waals surface area (Å²) < 4.78 is 38.3. The maximum Gasteiger partial charge on any atom is 0.333 e. The van der Waals surface area contributed by atoms with E-state index in [1.165, 1.54) is 12.1 Å². The van der Waals surface area contributed by atoms with Gasteiger partial charge >= 0.3 is 10.3 Å². The van der Waals surface area contributed by atoms with Gasteiger partial charge in [-0.05, 0) is 18.6 Å². The van der Waals surface area contributed by atoms with E-state index >= 15 is 0 Å². The summed E-state index contributed by atoms with van der Waals surface area (Å²) in [5.74, 6) is -0.506. The van der Waals surface area contributed by atoms with Crippen LogP contribution in [0.15, 0.2) is 18.2 Å². The smallest absolute Gasteiger partial charge is 0.253 e. The molecule has 4 nitrogen and oxygen atoms in total. The zero-order valence-corrected chi connectivity index (χ0v) is 8.34. The van der Waals surface area contributed by atoms with Gasteiger partial charge in [-0.3, -0.25) is 4.18 Å². The first-order valence-electron chi connectivity index (χ1n) is 3.81. The van der Waals surface area contributed by atoms with Gasteiger partial charge in [0.1, 0.15) is 5.82 Å². The predicted octanol–water partition coefficient (Wildman–Crippen LogP) is 0.854. The Kier molecular flexibility index (Phi) is 3.20. The monoisotopic (exact) mass is 219 g/mol. The number of hydrogen-bond acceptors (Lipinski definition) is 3. The molecule has 0 unspecified atom stereocenters. The Bertz CT molecular complexity index is 410. The molecule has 1 rings (SSSR count). The molecule has 14 heavy (non-hydrogen) atoms. The van der Waals surface area contributed by atoms with Crippen LogP contribution >= 0.6 is 0 Å². The van der Waals surface area contributed by atoms with Gasteiger partial charge in [0.15, 0.2) is 0 Å². The lowest BCUT2D eigenvalue weighted by atomic mass is 10.1. The lowest BCUT2D eigenvalue weighted by Gasteiger charge is -2.05. The van der Waals surface area contributed by atoms with E-state index in [1.807, 2.05) is 0 Å². The van der Waals surface area contributed by atoms with Gasteiger partial charge in [0.2, 0.25) is 0 Å². The van der Waals surface area contributed by atoms with Gasteiger partial charge in [-0.15, -0.1) is 0 Å². The van der Waals surface area contributed by atoms with Crippen molar-refractivity contribution in [2.24, 2.45) is 5.14 Å². The van der Waals surface area contributed by atoms with Crippen LogP contribution in [-0.2, 0) is 21.1 Å². The highest BCUT2D eigenvalue weighted by Gasteiger charge is 2.09. The summed E-state index contributed by atoms with van der Waals surface area (Å²) in [5, 5.41) is 4.61. The fourth-order valence-electron chi connectivity index (χ4n) is 0.990. The lowest BCUT2D eigenvalue weighted by Crippen LogP contribution is -2.16. The minimum absolute atomic E-state index is 0.196. The Morgan fingerprint density at radius 1 is 1.50 bits per heavy atom. The van der Waals surface area contributed by atoms with Gasteiger partial charge in [-0.1, -0.05) is 12.1 Å². The zero-order valence-electron chi connectivity index (χ0n) is 7.53. The van der Waals surface area contributed by atoms with E-state index in [-0.39, 0.29) is 12.2 Å². The highest BCUT2D eigenvalue weighted by Crippen LogP contribution is 2.13. The van der Waals surface area contributed by atoms with Crippen LogP contribution in [0.3, 0.4) is 0 Å². The van der Waals surface area contributed by atoms with Crippen LogP contribution in [0, 0.1) is 12.7 Å². The Morgan fingerprint density at radius 2 is 2.14 bits per heavy atom. The molecule has 0 saturated carbocycles. The minimum Gasteiger partial charge on any atom is -0.253 e. The van der Waals surface area contributed by atoms with Crippen molar-refractivity contribution in [1.82, 2.24) is 0 Å². The topological polar surface area (TPSA) is 69.4 Å². The molecule has 6 heteroatoms. The van der Waals surface area contributed by atoms with E-state index in [0.29, 0.717) is 5.56 Å². The molecule has 0 amide bonds. The molecule has 0 aliphatic heterocycles. The molecule has 0 aromatic heterocycles. The first-order chi connectivity index (χ1) is 6.40. The largest absolute Gasteiger partial charge is 0.333 e. The fourth-order valence-corrected chi connectivity index (χ4v) is 1.27. The number of rotatable bonds is 3. The van der Waals surface area contributed by atoms with Crippen LogP contribution in [0.5, 0.6) is 0 Å². The van der Waals surface area contributed by atoms with Crippen LogP contribution in [0.4, 0.5) is 4.39 Å². The molecule has 0 radical (unpaired) electrons. The minimum atomic E-state index is -4.02. The van der Waals surface area contributed by atoms with Crippen LogP contribution in [0.1, 0.15) is 11.1 Å². The van der Waals surface area contributed by atoms with E-state index in [4.69, 9.17) is 0 Å². The average Bonchev–Trinajstić information content (AvgIpc) is 2.01. The summed E-state index contributed by atoms with van der Waals surface area (Å²) >= 11 is 0. The Balaban J connectivity index is 2.87. The Labute approximate surface area is 81.8 Å². The maximum atomic E-state index is 13.1. The van der Waals surface area contributed by atoms with Crippen molar-refractivity contribution in [2.45, 2.75) is 13.5 Å². The number of aryl methyl sites for hydroxylation is 1. The second-order valence-electron chi connectivity index (χ2n) is 2.79. The van der Waals surface area contributed by atoms with Crippen molar-refractivity contribution in [3.63, 3.8) is 0 Å². The molecular weight excluding hydrogens is 209 g/mol. The normalized spacial score (nSPS) is 11.6. The number of nitrogens with two attached hydrogens (primary N) is 1. The van der Waals surface area contributed by atoms with Crippen molar-refractivity contribution in [2.75, 3.05) is 0 Å². The first-order valence-corrected chi connectivity index (χ1v) is 5.28. The van der Waals surface area contributed by atoms with Crippen LogP contribution in [0.2, 0.25) is 0 Å². The van der Waals surface area contributed by atoms with Crippen molar-refractivity contribution >= 4 is 10.3 Å².